The number of hydrogen-bond donors (Lipinski definition) is 2. The van der Waals surface area contributed by atoms with Crippen LogP contribution in [-0.2, 0) is 0 Å². The zero-order valence-corrected chi connectivity index (χ0v) is 12.2. The highest BCUT2D eigenvalue weighted by Crippen LogP contribution is 2.25. The number of nitriles is 1. The third-order valence-electron chi connectivity index (χ3n) is 3.73. The van der Waals surface area contributed by atoms with Gasteiger partial charge in [-0.3, -0.25) is 0 Å². The van der Waals surface area contributed by atoms with E-state index < -0.39 is 0 Å². The molecule has 3 rings (SSSR count). The predicted molar refractivity (Wildman–Crippen MR) is 86.5 cm³/mol. The first-order valence-electron chi connectivity index (χ1n) is 7.22. The van der Waals surface area contributed by atoms with Crippen molar-refractivity contribution in [3.8, 4) is 6.07 Å². The molecule has 0 unspecified atom stereocenters. The summed E-state index contributed by atoms with van der Waals surface area (Å²) >= 11 is 0. The fourth-order valence-corrected chi connectivity index (χ4v) is 2.43. The van der Waals surface area contributed by atoms with E-state index in [1.54, 1.807) is 6.20 Å². The molecule has 2 heterocycles. The Labute approximate surface area is 128 Å². The molecule has 5 nitrogen and oxygen atoms in total. The molecule has 110 valence electrons. The van der Waals surface area contributed by atoms with E-state index in [0.717, 1.165) is 22.7 Å². The summed E-state index contributed by atoms with van der Waals surface area (Å²) < 4.78 is 0. The lowest BCUT2D eigenvalue weighted by molar-refractivity contribution is 0.271. The number of para-hydroxylation sites is 1. The third kappa shape index (κ3) is 2.45. The van der Waals surface area contributed by atoms with Gasteiger partial charge in [-0.2, -0.15) is 5.26 Å². The highest BCUT2D eigenvalue weighted by atomic mass is 16.3. The van der Waals surface area contributed by atoms with Crippen molar-refractivity contribution in [3.05, 3.63) is 42.1 Å². The molecule has 0 fully saturated rings. The van der Waals surface area contributed by atoms with Crippen molar-refractivity contribution in [1.82, 2.24) is 9.97 Å². The Morgan fingerprint density at radius 2 is 2.14 bits per heavy atom. The molecule has 0 saturated carbocycles. The van der Waals surface area contributed by atoms with Crippen LogP contribution >= 0.6 is 0 Å². The monoisotopic (exact) mass is 292 g/mol. The highest BCUT2D eigenvalue weighted by Gasteiger charge is 2.14. The van der Waals surface area contributed by atoms with Gasteiger partial charge in [-0.1, -0.05) is 25.1 Å². The van der Waals surface area contributed by atoms with E-state index in [-0.39, 0.29) is 12.6 Å². The molecule has 0 saturated heterocycles. The second-order valence-electron chi connectivity index (χ2n) is 5.14. The van der Waals surface area contributed by atoms with Gasteiger partial charge in [0.1, 0.15) is 17.5 Å². The maximum atomic E-state index is 9.51. The van der Waals surface area contributed by atoms with Crippen LogP contribution in [0.5, 0.6) is 0 Å². The van der Waals surface area contributed by atoms with Gasteiger partial charge in [-0.15, -0.1) is 0 Å². The molecule has 2 N–H and O–H groups in total. The first-order chi connectivity index (χ1) is 10.8. The zero-order valence-electron chi connectivity index (χ0n) is 12.2. The van der Waals surface area contributed by atoms with Crippen molar-refractivity contribution in [2.45, 2.75) is 19.4 Å². The first-order valence-corrected chi connectivity index (χ1v) is 7.22. The van der Waals surface area contributed by atoms with Crippen LogP contribution in [0.3, 0.4) is 0 Å². The Hall–Kier alpha value is -2.71. The molecule has 1 aromatic carbocycles. The van der Waals surface area contributed by atoms with Gasteiger partial charge in [-0.25, -0.2) is 9.97 Å². The van der Waals surface area contributed by atoms with Gasteiger partial charge in [0.05, 0.1) is 23.7 Å². The number of aliphatic hydroxyl groups excluding tert-OH is 1. The number of aromatic nitrogens is 2. The summed E-state index contributed by atoms with van der Waals surface area (Å²) in [5, 5.41) is 23.8. The SMILES string of the molecule is CC[C@@H](CO)Nc1ncc2cc3ccccc3nc2c1C#N. The predicted octanol–water partition coefficient (Wildman–Crippen LogP) is 2.84. The van der Waals surface area contributed by atoms with E-state index in [0.29, 0.717) is 16.9 Å². The Kier molecular flexibility index (Phi) is 3.86. The average Bonchev–Trinajstić information content (AvgIpc) is 2.57. The van der Waals surface area contributed by atoms with Crippen molar-refractivity contribution < 1.29 is 5.11 Å². The summed E-state index contributed by atoms with van der Waals surface area (Å²) in [5.74, 6) is 0.471. The van der Waals surface area contributed by atoms with Crippen LogP contribution in [0.15, 0.2) is 36.5 Å². The van der Waals surface area contributed by atoms with Gasteiger partial charge in [0, 0.05) is 17.0 Å². The maximum absolute atomic E-state index is 9.51. The van der Waals surface area contributed by atoms with Crippen molar-refractivity contribution in [3.63, 3.8) is 0 Å². The fraction of sp³-hybridized carbons (Fsp3) is 0.235. The molecule has 0 amide bonds. The number of hydrogen-bond acceptors (Lipinski definition) is 5. The summed E-state index contributed by atoms with van der Waals surface area (Å²) in [6.45, 7) is 1.96. The molecule has 0 bridgehead atoms. The fourth-order valence-electron chi connectivity index (χ4n) is 2.43. The molecule has 0 radical (unpaired) electrons. The molecule has 3 aromatic rings. The molecule has 0 spiro atoms. The van der Waals surface area contributed by atoms with E-state index in [9.17, 15) is 10.4 Å². The molecule has 0 aliphatic carbocycles. The minimum Gasteiger partial charge on any atom is -0.394 e. The van der Waals surface area contributed by atoms with Gasteiger partial charge in [0.15, 0.2) is 0 Å². The van der Waals surface area contributed by atoms with Crippen LogP contribution in [0.2, 0.25) is 0 Å². The van der Waals surface area contributed by atoms with Crippen LogP contribution in [0.4, 0.5) is 5.82 Å². The number of nitrogens with one attached hydrogen (secondary N) is 1. The largest absolute Gasteiger partial charge is 0.394 e. The van der Waals surface area contributed by atoms with E-state index >= 15 is 0 Å². The van der Waals surface area contributed by atoms with Crippen molar-refractivity contribution in [2.75, 3.05) is 11.9 Å². The van der Waals surface area contributed by atoms with Gasteiger partial charge < -0.3 is 10.4 Å². The summed E-state index contributed by atoms with van der Waals surface area (Å²) in [4.78, 5) is 8.94. The number of nitrogens with zero attached hydrogens (tertiary/aromatic N) is 3. The second-order valence-corrected chi connectivity index (χ2v) is 5.14. The van der Waals surface area contributed by atoms with Gasteiger partial charge in [0.2, 0.25) is 0 Å². The average molecular weight is 292 g/mol. The second kappa shape index (κ2) is 5.96. The van der Waals surface area contributed by atoms with Crippen LogP contribution in [0.1, 0.15) is 18.9 Å². The Morgan fingerprint density at radius 1 is 1.32 bits per heavy atom. The Balaban J connectivity index is 2.20. The number of fused-ring (bicyclic) bond motifs is 2. The lowest BCUT2D eigenvalue weighted by Crippen LogP contribution is -2.23. The van der Waals surface area contributed by atoms with Crippen molar-refractivity contribution in [2.24, 2.45) is 0 Å². The van der Waals surface area contributed by atoms with E-state index in [4.69, 9.17) is 0 Å². The standard InChI is InChI=1S/C17H16N4O/c1-2-13(10-22)20-17-14(8-18)16-12(9-19-17)7-11-5-3-4-6-15(11)21-16/h3-7,9,13,22H,2,10H2,1H3,(H,19,20)/t13-/m0/s1. The third-order valence-corrected chi connectivity index (χ3v) is 3.73. The molecule has 0 aliphatic heterocycles. The Bertz CT molecular complexity index is 866. The molecule has 5 heteroatoms. The summed E-state index contributed by atoms with van der Waals surface area (Å²) in [7, 11) is 0. The maximum Gasteiger partial charge on any atom is 0.146 e. The summed E-state index contributed by atoms with van der Waals surface area (Å²) in [5.41, 5.74) is 1.89. The van der Waals surface area contributed by atoms with Gasteiger partial charge >= 0.3 is 0 Å². The minimum absolute atomic E-state index is 0.00770. The first kappa shape index (κ1) is 14.2. The highest BCUT2D eigenvalue weighted by molar-refractivity contribution is 5.96. The summed E-state index contributed by atoms with van der Waals surface area (Å²) in [6.07, 6.45) is 2.45. The normalized spacial score (nSPS) is 12.2. The van der Waals surface area contributed by atoms with Crippen molar-refractivity contribution >= 4 is 27.6 Å². The molecular weight excluding hydrogens is 276 g/mol. The molecular formula is C17H16N4O. The van der Waals surface area contributed by atoms with E-state index in [2.05, 4.69) is 21.4 Å². The summed E-state index contributed by atoms with van der Waals surface area (Å²) in [6, 6.07) is 11.8. The van der Waals surface area contributed by atoms with Crippen LogP contribution in [0, 0.1) is 11.3 Å². The smallest absolute Gasteiger partial charge is 0.146 e. The molecule has 2 aromatic heterocycles. The number of benzene rings is 1. The number of anilines is 1. The van der Waals surface area contributed by atoms with E-state index in [1.165, 1.54) is 0 Å². The molecule has 22 heavy (non-hydrogen) atoms. The molecule has 1 atom stereocenters. The van der Waals surface area contributed by atoms with Crippen LogP contribution in [0.25, 0.3) is 21.8 Å². The Morgan fingerprint density at radius 3 is 2.86 bits per heavy atom. The number of rotatable bonds is 4. The number of pyridine rings is 2. The van der Waals surface area contributed by atoms with Gasteiger partial charge in [0.25, 0.3) is 0 Å². The van der Waals surface area contributed by atoms with Crippen LogP contribution in [-0.4, -0.2) is 27.7 Å². The molecule has 0 aliphatic rings. The lowest BCUT2D eigenvalue weighted by atomic mass is 10.1. The quantitative estimate of drug-likeness (QED) is 0.723. The van der Waals surface area contributed by atoms with Crippen molar-refractivity contribution in [1.29, 1.82) is 5.26 Å². The minimum atomic E-state index is -0.127. The van der Waals surface area contributed by atoms with Crippen LogP contribution < -0.4 is 5.32 Å². The van der Waals surface area contributed by atoms with E-state index in [1.807, 2.05) is 37.3 Å². The van der Waals surface area contributed by atoms with Gasteiger partial charge in [-0.05, 0) is 18.6 Å². The zero-order chi connectivity index (χ0) is 15.5. The topological polar surface area (TPSA) is 81.8 Å². The number of aliphatic hydroxyl groups is 1. The lowest BCUT2D eigenvalue weighted by Gasteiger charge is -2.16.